The molecule has 7 nitrogen and oxygen atoms in total. The number of alkyl halides is 3. The van der Waals surface area contributed by atoms with Crippen molar-refractivity contribution in [1.82, 2.24) is 15.1 Å². The van der Waals surface area contributed by atoms with Gasteiger partial charge in [-0.1, -0.05) is 12.1 Å². The summed E-state index contributed by atoms with van der Waals surface area (Å²) in [7, 11) is 1.76. The van der Waals surface area contributed by atoms with Crippen molar-refractivity contribution >= 4 is 23.9 Å². The molecule has 0 bridgehead atoms. The molecule has 0 unspecified atom stereocenters. The summed E-state index contributed by atoms with van der Waals surface area (Å²) in [6, 6.07) is 3.27. The number of nitrogens with zero attached hydrogens (tertiary/aromatic N) is 2. The highest BCUT2D eigenvalue weighted by Gasteiger charge is 2.34. The van der Waals surface area contributed by atoms with Crippen molar-refractivity contribution in [2.24, 2.45) is 0 Å². The van der Waals surface area contributed by atoms with Crippen LogP contribution in [0.5, 0.6) is 0 Å². The number of carbonyl (C=O) groups excluding carboxylic acids is 2. The first-order valence-electron chi connectivity index (χ1n) is 8.42. The maximum Gasteiger partial charge on any atom is 0.416 e. The quantitative estimate of drug-likeness (QED) is 0.723. The van der Waals surface area contributed by atoms with E-state index in [1.807, 2.05) is 0 Å². The number of hydrogen-bond acceptors (Lipinski definition) is 4. The van der Waals surface area contributed by atoms with E-state index in [0.29, 0.717) is 12.1 Å². The summed E-state index contributed by atoms with van der Waals surface area (Å²) in [6.07, 6.45) is -2.03. The number of carbonyl (C=O) groups is 3. The minimum absolute atomic E-state index is 0.197. The lowest BCUT2D eigenvalue weighted by Gasteiger charge is -2.37. The molecule has 10 heteroatoms. The van der Waals surface area contributed by atoms with Crippen molar-refractivity contribution in [3.05, 3.63) is 41.5 Å². The Labute approximate surface area is 159 Å². The van der Waals surface area contributed by atoms with Gasteiger partial charge in [0.2, 0.25) is 11.8 Å². The molecule has 2 amide bonds. The van der Waals surface area contributed by atoms with Gasteiger partial charge >= 0.3 is 12.1 Å². The monoisotopic (exact) mass is 399 g/mol. The third-order valence-corrected chi connectivity index (χ3v) is 4.27. The van der Waals surface area contributed by atoms with Gasteiger partial charge in [0.05, 0.1) is 12.1 Å². The van der Waals surface area contributed by atoms with Crippen LogP contribution in [0.2, 0.25) is 0 Å². The van der Waals surface area contributed by atoms with Crippen molar-refractivity contribution in [3.63, 3.8) is 0 Å². The number of likely N-dealkylation sites (N-methyl/N-ethyl adjacent to an activating group) is 1. The van der Waals surface area contributed by atoms with Gasteiger partial charge in [-0.2, -0.15) is 13.2 Å². The van der Waals surface area contributed by atoms with Gasteiger partial charge in [-0.25, -0.2) is 4.79 Å². The molecule has 1 aliphatic rings. The van der Waals surface area contributed by atoms with Crippen molar-refractivity contribution in [2.45, 2.75) is 12.2 Å². The Bertz CT molecular complexity index is 762. The van der Waals surface area contributed by atoms with E-state index < -0.39 is 35.6 Å². The topological polar surface area (TPSA) is 90.0 Å². The molecule has 28 heavy (non-hydrogen) atoms. The third-order valence-electron chi connectivity index (χ3n) is 4.27. The van der Waals surface area contributed by atoms with E-state index in [2.05, 4.69) is 5.32 Å². The number of nitrogens with one attached hydrogen (secondary N) is 1. The molecule has 0 aromatic heterocycles. The maximum absolute atomic E-state index is 12.5. The number of carboxylic acids is 1. The molecule has 1 aliphatic heterocycles. The van der Waals surface area contributed by atoms with Gasteiger partial charge in [0.15, 0.2) is 0 Å². The second kappa shape index (κ2) is 8.87. The van der Waals surface area contributed by atoms with Gasteiger partial charge in [-0.05, 0) is 30.8 Å². The number of rotatable bonds is 5. The molecule has 0 spiro atoms. The van der Waals surface area contributed by atoms with Crippen molar-refractivity contribution in [1.29, 1.82) is 0 Å². The second-order valence-corrected chi connectivity index (χ2v) is 6.37. The van der Waals surface area contributed by atoms with Crippen LogP contribution in [0.4, 0.5) is 13.2 Å². The van der Waals surface area contributed by atoms with Crippen LogP contribution < -0.4 is 5.32 Å². The highest BCUT2D eigenvalue weighted by atomic mass is 19.4. The lowest BCUT2D eigenvalue weighted by atomic mass is 10.1. The number of piperazine rings is 1. The van der Waals surface area contributed by atoms with Gasteiger partial charge in [0.25, 0.3) is 0 Å². The predicted molar refractivity (Wildman–Crippen MR) is 94.1 cm³/mol. The molecule has 2 N–H and O–H groups in total. The summed E-state index contributed by atoms with van der Waals surface area (Å²) >= 11 is 0. The molecule has 1 aromatic rings. The van der Waals surface area contributed by atoms with Crippen LogP contribution in [0, 0.1) is 0 Å². The first-order chi connectivity index (χ1) is 13.1. The van der Waals surface area contributed by atoms with Crippen LogP contribution in [0.3, 0.4) is 0 Å². The van der Waals surface area contributed by atoms with E-state index >= 15 is 0 Å². The Kier molecular flexibility index (Phi) is 6.79. The SMILES string of the molecule is CN1CCN(C(=O)CNC(=O)/C=C/c2ccc(C(F)(F)F)cc2)[C@H](C(=O)O)C1. The average Bonchev–Trinajstić information content (AvgIpc) is 2.63. The van der Waals surface area contributed by atoms with Gasteiger partial charge in [-0.15, -0.1) is 0 Å². The molecule has 0 saturated carbocycles. The fourth-order valence-electron chi connectivity index (χ4n) is 2.71. The third kappa shape index (κ3) is 5.81. The van der Waals surface area contributed by atoms with Gasteiger partial charge < -0.3 is 20.2 Å². The Balaban J connectivity index is 1.88. The Hall–Kier alpha value is -2.88. The smallest absolute Gasteiger partial charge is 0.416 e. The zero-order valence-electron chi connectivity index (χ0n) is 15.1. The number of amides is 2. The van der Waals surface area contributed by atoms with Crippen LogP contribution in [0.1, 0.15) is 11.1 Å². The number of halogens is 3. The summed E-state index contributed by atoms with van der Waals surface area (Å²) in [5, 5.41) is 11.6. The van der Waals surface area contributed by atoms with E-state index in [-0.39, 0.29) is 19.6 Å². The minimum Gasteiger partial charge on any atom is -0.480 e. The predicted octanol–water partition coefficient (Wildman–Crippen LogP) is 1.06. The first-order valence-corrected chi connectivity index (χ1v) is 8.42. The van der Waals surface area contributed by atoms with E-state index in [0.717, 1.165) is 18.2 Å². The van der Waals surface area contributed by atoms with Crippen molar-refractivity contribution in [2.75, 3.05) is 33.2 Å². The minimum atomic E-state index is -4.43. The molecule has 1 fully saturated rings. The van der Waals surface area contributed by atoms with Gasteiger partial charge in [-0.3, -0.25) is 9.59 Å². The molecule has 2 rings (SSSR count). The van der Waals surface area contributed by atoms with Crippen molar-refractivity contribution < 1.29 is 32.7 Å². The van der Waals surface area contributed by atoms with Crippen LogP contribution in [0.15, 0.2) is 30.3 Å². The molecule has 1 heterocycles. The fourth-order valence-corrected chi connectivity index (χ4v) is 2.71. The maximum atomic E-state index is 12.5. The molecule has 0 aliphatic carbocycles. The number of hydrogen-bond donors (Lipinski definition) is 2. The van der Waals surface area contributed by atoms with Gasteiger partial charge in [0.1, 0.15) is 6.04 Å². The largest absolute Gasteiger partial charge is 0.480 e. The Morgan fingerprint density at radius 2 is 1.86 bits per heavy atom. The number of aliphatic carboxylic acids is 1. The summed E-state index contributed by atoms with van der Waals surface area (Å²) in [5.74, 6) is -2.25. The van der Waals surface area contributed by atoms with E-state index in [9.17, 15) is 32.7 Å². The zero-order chi connectivity index (χ0) is 20.9. The first kappa shape index (κ1) is 21.4. The molecular formula is C18H20F3N3O4. The fraction of sp³-hybridized carbons (Fsp3) is 0.389. The summed E-state index contributed by atoms with van der Waals surface area (Å²) < 4.78 is 37.5. The number of carboxylic acid groups (broad SMARTS) is 1. The molecule has 1 saturated heterocycles. The Morgan fingerprint density at radius 3 is 2.43 bits per heavy atom. The molecule has 152 valence electrons. The summed E-state index contributed by atoms with van der Waals surface area (Å²) in [4.78, 5) is 38.4. The van der Waals surface area contributed by atoms with Crippen LogP contribution in [0.25, 0.3) is 6.08 Å². The second-order valence-electron chi connectivity index (χ2n) is 6.37. The average molecular weight is 399 g/mol. The molecule has 0 radical (unpaired) electrons. The highest BCUT2D eigenvalue weighted by molar-refractivity contribution is 5.95. The molecule has 1 atom stereocenters. The molecule has 1 aromatic carbocycles. The van der Waals surface area contributed by atoms with Crippen molar-refractivity contribution in [3.8, 4) is 0 Å². The van der Waals surface area contributed by atoms with E-state index in [1.54, 1.807) is 11.9 Å². The van der Waals surface area contributed by atoms with Crippen LogP contribution in [-0.2, 0) is 20.6 Å². The van der Waals surface area contributed by atoms with Crippen LogP contribution >= 0.6 is 0 Å². The standard InChI is InChI=1S/C18H20F3N3O4/c1-23-8-9-24(14(11-23)17(27)28)16(26)10-22-15(25)7-4-12-2-5-13(6-3-12)18(19,20)21/h2-7,14H,8-11H2,1H3,(H,22,25)(H,27,28)/b7-4+/t14-/m0/s1. The number of benzene rings is 1. The zero-order valence-corrected chi connectivity index (χ0v) is 15.1. The van der Waals surface area contributed by atoms with E-state index in [1.165, 1.54) is 23.1 Å². The summed E-state index contributed by atoms with van der Waals surface area (Å²) in [6.45, 7) is 0.591. The normalized spacial score (nSPS) is 18.3. The van der Waals surface area contributed by atoms with Gasteiger partial charge in [0, 0.05) is 25.7 Å². The lowest BCUT2D eigenvalue weighted by molar-refractivity contribution is -0.153. The summed E-state index contributed by atoms with van der Waals surface area (Å²) in [5.41, 5.74) is -0.403. The highest BCUT2D eigenvalue weighted by Crippen LogP contribution is 2.29. The Morgan fingerprint density at radius 1 is 1.21 bits per heavy atom. The molecular weight excluding hydrogens is 379 g/mol. The van der Waals surface area contributed by atoms with E-state index in [4.69, 9.17) is 0 Å². The lowest BCUT2D eigenvalue weighted by Crippen LogP contribution is -2.58. The van der Waals surface area contributed by atoms with Crippen LogP contribution in [-0.4, -0.2) is 72.0 Å².